The molecule has 23 heavy (non-hydrogen) atoms. The van der Waals surface area contributed by atoms with Crippen molar-refractivity contribution in [2.75, 3.05) is 19.7 Å². The molecule has 126 valence electrons. The fourth-order valence-corrected chi connectivity index (χ4v) is 2.79. The molecule has 7 heteroatoms. The lowest BCUT2D eigenvalue weighted by molar-refractivity contribution is -0.138. The van der Waals surface area contributed by atoms with E-state index in [0.29, 0.717) is 31.8 Å². The lowest BCUT2D eigenvalue weighted by Gasteiger charge is -2.33. The number of carbonyl (C=O) groups is 1. The summed E-state index contributed by atoms with van der Waals surface area (Å²) in [5.74, 6) is 0.0255. The van der Waals surface area contributed by atoms with Crippen LogP contribution in [-0.2, 0) is 10.9 Å². The molecule has 1 atom stereocenters. The zero-order valence-corrected chi connectivity index (χ0v) is 12.7. The average Bonchev–Trinajstić information content (AvgIpc) is 3.36. The van der Waals surface area contributed by atoms with E-state index in [0.717, 1.165) is 18.9 Å². The van der Waals surface area contributed by atoms with E-state index >= 15 is 0 Å². The molecule has 1 amide bonds. The van der Waals surface area contributed by atoms with Gasteiger partial charge >= 0.3 is 6.18 Å². The van der Waals surface area contributed by atoms with Crippen LogP contribution >= 0.6 is 0 Å². The summed E-state index contributed by atoms with van der Waals surface area (Å²) in [6.45, 7) is 1.50. The number of piperidine rings is 1. The van der Waals surface area contributed by atoms with E-state index < -0.39 is 17.6 Å². The van der Waals surface area contributed by atoms with Gasteiger partial charge in [-0.15, -0.1) is 0 Å². The zero-order valence-electron chi connectivity index (χ0n) is 12.7. The van der Waals surface area contributed by atoms with Gasteiger partial charge in [-0.3, -0.25) is 9.78 Å². The van der Waals surface area contributed by atoms with E-state index in [1.165, 1.54) is 23.9 Å². The molecule has 2 heterocycles. The monoisotopic (exact) mass is 328 g/mol. The molecular weight excluding hydrogens is 309 g/mol. The number of rotatable bonds is 4. The summed E-state index contributed by atoms with van der Waals surface area (Å²) in [5, 5.41) is 0. The Kier molecular flexibility index (Phi) is 4.57. The van der Waals surface area contributed by atoms with E-state index in [1.807, 2.05) is 0 Å². The maximum absolute atomic E-state index is 13.0. The van der Waals surface area contributed by atoms with Crippen LogP contribution in [0, 0.1) is 5.92 Å². The lowest BCUT2D eigenvalue weighted by atomic mass is 10.0. The first-order valence-electron chi connectivity index (χ1n) is 7.87. The first-order valence-corrected chi connectivity index (χ1v) is 7.87. The van der Waals surface area contributed by atoms with E-state index in [-0.39, 0.29) is 11.7 Å². The minimum absolute atomic E-state index is 0.0792. The number of aromatic nitrogens is 1. The van der Waals surface area contributed by atoms with E-state index in [1.54, 1.807) is 0 Å². The molecule has 2 fully saturated rings. The van der Waals surface area contributed by atoms with Crippen molar-refractivity contribution in [3.63, 3.8) is 0 Å². The number of ether oxygens (including phenoxy) is 1. The molecule has 1 aromatic rings. The maximum atomic E-state index is 13.0. The molecule has 1 aliphatic heterocycles. The van der Waals surface area contributed by atoms with Gasteiger partial charge in [-0.05, 0) is 37.7 Å². The Morgan fingerprint density at radius 2 is 2.13 bits per heavy atom. The number of halogens is 3. The highest BCUT2D eigenvalue weighted by atomic mass is 19.4. The molecule has 0 bridgehead atoms. The molecule has 1 aromatic heterocycles. The van der Waals surface area contributed by atoms with Crippen molar-refractivity contribution in [1.29, 1.82) is 0 Å². The topological polar surface area (TPSA) is 42.4 Å². The molecule has 0 radical (unpaired) electrons. The van der Waals surface area contributed by atoms with Gasteiger partial charge in [-0.25, -0.2) is 0 Å². The van der Waals surface area contributed by atoms with Crippen LogP contribution in [0.4, 0.5) is 13.2 Å². The van der Waals surface area contributed by atoms with Crippen LogP contribution in [-0.4, -0.2) is 41.6 Å². The molecule has 3 rings (SSSR count). The van der Waals surface area contributed by atoms with E-state index in [2.05, 4.69) is 4.98 Å². The fourth-order valence-electron chi connectivity index (χ4n) is 2.79. The maximum Gasteiger partial charge on any atom is 0.418 e. The average molecular weight is 328 g/mol. The summed E-state index contributed by atoms with van der Waals surface area (Å²) in [4.78, 5) is 17.5. The largest absolute Gasteiger partial charge is 0.418 e. The molecular formula is C16H19F3N2O2. The number of hydrogen-bond donors (Lipinski definition) is 0. The van der Waals surface area contributed by atoms with Crippen molar-refractivity contribution in [3.05, 3.63) is 29.6 Å². The second kappa shape index (κ2) is 6.47. The summed E-state index contributed by atoms with van der Waals surface area (Å²) in [6.07, 6.45) is 1.21. The molecule has 0 aromatic carbocycles. The summed E-state index contributed by atoms with van der Waals surface area (Å²) in [5.41, 5.74) is -1.32. The fraction of sp³-hybridized carbons (Fsp3) is 0.625. The Bertz CT molecular complexity index is 573. The van der Waals surface area contributed by atoms with E-state index in [9.17, 15) is 18.0 Å². The van der Waals surface area contributed by atoms with Crippen molar-refractivity contribution >= 4 is 5.91 Å². The Morgan fingerprint density at radius 3 is 2.83 bits per heavy atom. The standard InChI is InChI=1S/C16H19F3N2O2/c17-16(18,19)14-8-20-6-5-13(14)15(22)21-7-1-2-12(9-21)23-10-11-3-4-11/h5-6,8,11-12H,1-4,7,9-10H2. The predicted octanol–water partition coefficient (Wildman–Crippen LogP) is 3.13. The summed E-state index contributed by atoms with van der Waals surface area (Å²) in [6, 6.07) is 1.14. The third kappa shape index (κ3) is 4.02. The highest BCUT2D eigenvalue weighted by molar-refractivity contribution is 5.95. The first-order chi connectivity index (χ1) is 10.9. The van der Waals surface area contributed by atoms with Crippen molar-refractivity contribution in [2.45, 2.75) is 38.0 Å². The third-order valence-corrected chi connectivity index (χ3v) is 4.29. The van der Waals surface area contributed by atoms with E-state index in [4.69, 9.17) is 4.74 Å². The molecule has 1 aliphatic carbocycles. The molecule has 1 unspecified atom stereocenters. The predicted molar refractivity (Wildman–Crippen MR) is 76.8 cm³/mol. The second-order valence-electron chi connectivity index (χ2n) is 6.21. The number of pyridine rings is 1. The second-order valence-corrected chi connectivity index (χ2v) is 6.21. The van der Waals surface area contributed by atoms with Crippen LogP contribution < -0.4 is 0 Å². The van der Waals surface area contributed by atoms with Crippen molar-refractivity contribution in [3.8, 4) is 0 Å². The number of likely N-dealkylation sites (tertiary alicyclic amines) is 1. The van der Waals surface area contributed by atoms with Crippen LogP contribution in [0.3, 0.4) is 0 Å². The quantitative estimate of drug-likeness (QED) is 0.853. The smallest absolute Gasteiger partial charge is 0.376 e. The van der Waals surface area contributed by atoms with Gasteiger partial charge in [0.1, 0.15) is 0 Å². The highest BCUT2D eigenvalue weighted by Gasteiger charge is 2.37. The molecule has 0 spiro atoms. The molecule has 4 nitrogen and oxygen atoms in total. The number of nitrogens with zero attached hydrogens (tertiary/aromatic N) is 2. The Morgan fingerprint density at radius 1 is 1.35 bits per heavy atom. The van der Waals surface area contributed by atoms with Crippen molar-refractivity contribution < 1.29 is 22.7 Å². The number of amides is 1. The number of carbonyl (C=O) groups excluding carboxylic acids is 1. The summed E-state index contributed by atoms with van der Waals surface area (Å²) < 4.78 is 44.9. The summed E-state index contributed by atoms with van der Waals surface area (Å²) >= 11 is 0. The van der Waals surface area contributed by atoms with Gasteiger partial charge in [-0.2, -0.15) is 13.2 Å². The van der Waals surface area contributed by atoms with Crippen molar-refractivity contribution in [2.24, 2.45) is 5.92 Å². The minimum atomic E-state index is -4.59. The Labute approximate surface area is 132 Å². The summed E-state index contributed by atoms with van der Waals surface area (Å²) in [7, 11) is 0. The number of hydrogen-bond acceptors (Lipinski definition) is 3. The Hall–Kier alpha value is -1.63. The van der Waals surface area contributed by atoms with Gasteiger partial charge in [0.2, 0.25) is 0 Å². The zero-order chi connectivity index (χ0) is 16.4. The molecule has 1 saturated heterocycles. The van der Waals surface area contributed by atoms with Gasteiger partial charge in [0, 0.05) is 32.1 Å². The van der Waals surface area contributed by atoms with Crippen LogP contribution in [0.5, 0.6) is 0 Å². The van der Waals surface area contributed by atoms with Crippen LogP contribution in [0.15, 0.2) is 18.5 Å². The highest BCUT2D eigenvalue weighted by Crippen LogP contribution is 2.33. The van der Waals surface area contributed by atoms with Gasteiger partial charge in [-0.1, -0.05) is 0 Å². The normalized spacial score (nSPS) is 22.2. The SMILES string of the molecule is O=C(c1ccncc1C(F)(F)F)N1CCCC(OCC2CC2)C1. The first kappa shape index (κ1) is 16.2. The van der Waals surface area contributed by atoms with Gasteiger partial charge < -0.3 is 9.64 Å². The van der Waals surface area contributed by atoms with Crippen LogP contribution in [0.1, 0.15) is 41.6 Å². The Balaban J connectivity index is 1.69. The van der Waals surface area contributed by atoms with Gasteiger partial charge in [0.05, 0.1) is 17.2 Å². The lowest BCUT2D eigenvalue weighted by Crippen LogP contribution is -2.44. The van der Waals surface area contributed by atoms with Crippen LogP contribution in [0.2, 0.25) is 0 Å². The number of alkyl halides is 3. The molecule has 0 N–H and O–H groups in total. The molecule has 2 aliphatic rings. The molecule has 1 saturated carbocycles. The van der Waals surface area contributed by atoms with Crippen LogP contribution in [0.25, 0.3) is 0 Å². The van der Waals surface area contributed by atoms with Crippen molar-refractivity contribution in [1.82, 2.24) is 9.88 Å². The van der Waals surface area contributed by atoms with Gasteiger partial charge in [0.15, 0.2) is 0 Å². The van der Waals surface area contributed by atoms with Gasteiger partial charge in [0.25, 0.3) is 5.91 Å². The third-order valence-electron chi connectivity index (χ3n) is 4.29. The minimum Gasteiger partial charge on any atom is -0.376 e.